The van der Waals surface area contributed by atoms with Gasteiger partial charge in [0.05, 0.1) is 5.41 Å². The number of rotatable bonds is 4. The van der Waals surface area contributed by atoms with Crippen molar-refractivity contribution in [2.45, 2.75) is 20.8 Å². The zero-order valence-corrected chi connectivity index (χ0v) is 13.6. The minimum Gasteiger partial charge on any atom is -0.460 e. The van der Waals surface area contributed by atoms with Crippen LogP contribution in [0.3, 0.4) is 0 Å². The smallest absolute Gasteiger partial charge is 0.311 e. The van der Waals surface area contributed by atoms with Crippen LogP contribution in [0, 0.1) is 5.41 Å². The summed E-state index contributed by atoms with van der Waals surface area (Å²) in [7, 11) is -0.674. The number of carbonyl (C=O) groups is 1. The van der Waals surface area contributed by atoms with E-state index in [0.29, 0.717) is 6.35 Å². The first-order valence-corrected chi connectivity index (χ1v) is 8.56. The van der Waals surface area contributed by atoms with Gasteiger partial charge in [0.15, 0.2) is 0 Å². The van der Waals surface area contributed by atoms with E-state index in [1.807, 2.05) is 57.2 Å². The SMILES string of the molecule is CC(C)(C)C(=O)OCP(c1ccccc1)c1ccccc1. The molecule has 2 aromatic carbocycles. The van der Waals surface area contributed by atoms with Crippen LogP contribution in [0.1, 0.15) is 20.8 Å². The van der Waals surface area contributed by atoms with Crippen molar-refractivity contribution in [1.82, 2.24) is 0 Å². The fourth-order valence-corrected chi connectivity index (χ4v) is 3.76. The molecule has 2 nitrogen and oxygen atoms in total. The van der Waals surface area contributed by atoms with E-state index >= 15 is 0 Å². The molecule has 0 heterocycles. The summed E-state index contributed by atoms with van der Waals surface area (Å²) in [5.41, 5.74) is -0.464. The number of benzene rings is 2. The monoisotopic (exact) mass is 300 g/mol. The fourth-order valence-electron chi connectivity index (χ4n) is 1.85. The lowest BCUT2D eigenvalue weighted by Crippen LogP contribution is -2.25. The van der Waals surface area contributed by atoms with Crippen molar-refractivity contribution in [3.05, 3.63) is 60.7 Å². The molecule has 0 aliphatic heterocycles. The van der Waals surface area contributed by atoms with Crippen molar-refractivity contribution in [2.75, 3.05) is 6.35 Å². The van der Waals surface area contributed by atoms with E-state index in [9.17, 15) is 4.79 Å². The molecular weight excluding hydrogens is 279 g/mol. The van der Waals surface area contributed by atoms with Crippen LogP contribution in [-0.2, 0) is 9.53 Å². The molecule has 0 radical (unpaired) electrons. The molecule has 0 aliphatic rings. The van der Waals surface area contributed by atoms with Gasteiger partial charge in [0.2, 0.25) is 0 Å². The van der Waals surface area contributed by atoms with E-state index in [-0.39, 0.29) is 5.97 Å². The molecule has 0 amide bonds. The molecule has 0 bridgehead atoms. The summed E-state index contributed by atoms with van der Waals surface area (Å²) in [5.74, 6) is -0.151. The van der Waals surface area contributed by atoms with E-state index < -0.39 is 13.3 Å². The molecule has 0 atom stereocenters. The second kappa shape index (κ2) is 6.87. The molecule has 0 N–H and O–H groups in total. The Labute approximate surface area is 127 Å². The van der Waals surface area contributed by atoms with Gasteiger partial charge in [-0.2, -0.15) is 0 Å². The first kappa shape index (κ1) is 15.7. The Hall–Kier alpha value is -1.66. The third kappa shape index (κ3) is 4.41. The van der Waals surface area contributed by atoms with Gasteiger partial charge in [-0.3, -0.25) is 4.79 Å². The highest BCUT2D eigenvalue weighted by Gasteiger charge is 2.25. The zero-order valence-electron chi connectivity index (χ0n) is 12.7. The van der Waals surface area contributed by atoms with Crippen LogP contribution >= 0.6 is 7.92 Å². The fraction of sp³-hybridized carbons (Fsp3) is 0.278. The van der Waals surface area contributed by atoms with Gasteiger partial charge in [-0.15, -0.1) is 0 Å². The molecule has 0 spiro atoms. The summed E-state index contributed by atoms with van der Waals surface area (Å²) in [6.45, 7) is 5.63. The second-order valence-electron chi connectivity index (χ2n) is 5.91. The maximum atomic E-state index is 12.0. The van der Waals surface area contributed by atoms with Crippen LogP contribution in [0.4, 0.5) is 0 Å². The summed E-state index contributed by atoms with van der Waals surface area (Å²) in [4.78, 5) is 12.0. The minimum absolute atomic E-state index is 0.151. The second-order valence-corrected chi connectivity index (χ2v) is 8.06. The molecule has 0 saturated carbocycles. The Morgan fingerprint density at radius 3 is 1.71 bits per heavy atom. The third-order valence-corrected chi connectivity index (χ3v) is 5.30. The van der Waals surface area contributed by atoms with E-state index in [4.69, 9.17) is 4.74 Å². The summed E-state index contributed by atoms with van der Waals surface area (Å²) in [6, 6.07) is 20.5. The number of esters is 1. The Balaban J connectivity index is 2.20. The molecular formula is C18H21O2P. The maximum absolute atomic E-state index is 12.0. The van der Waals surface area contributed by atoms with Crippen LogP contribution in [0.25, 0.3) is 0 Å². The Kier molecular flexibility index (Phi) is 5.14. The van der Waals surface area contributed by atoms with Crippen molar-refractivity contribution in [3.8, 4) is 0 Å². The number of ether oxygens (including phenoxy) is 1. The first-order valence-electron chi connectivity index (χ1n) is 7.03. The standard InChI is InChI=1S/C18H21O2P/c1-18(2,3)17(19)20-14-21(15-10-6-4-7-11-15)16-12-8-5-9-13-16/h4-13H,14H2,1-3H3. The van der Waals surface area contributed by atoms with Crippen molar-refractivity contribution in [1.29, 1.82) is 0 Å². The number of hydrogen-bond donors (Lipinski definition) is 0. The van der Waals surface area contributed by atoms with Gasteiger partial charge in [0, 0.05) is 0 Å². The highest BCUT2D eigenvalue weighted by Crippen LogP contribution is 2.34. The maximum Gasteiger partial charge on any atom is 0.311 e. The van der Waals surface area contributed by atoms with Crippen molar-refractivity contribution >= 4 is 24.5 Å². The molecule has 110 valence electrons. The Morgan fingerprint density at radius 2 is 1.33 bits per heavy atom. The van der Waals surface area contributed by atoms with Crippen LogP contribution in [0.2, 0.25) is 0 Å². The van der Waals surface area contributed by atoms with Crippen LogP contribution in [-0.4, -0.2) is 12.3 Å². The minimum atomic E-state index is -0.674. The molecule has 0 unspecified atom stereocenters. The van der Waals surface area contributed by atoms with Gasteiger partial charge in [-0.05, 0) is 39.3 Å². The van der Waals surface area contributed by atoms with Gasteiger partial charge in [0.1, 0.15) is 6.35 Å². The highest BCUT2D eigenvalue weighted by molar-refractivity contribution is 7.72. The van der Waals surface area contributed by atoms with Crippen LogP contribution in [0.15, 0.2) is 60.7 Å². The van der Waals surface area contributed by atoms with E-state index in [0.717, 1.165) is 0 Å². The average molecular weight is 300 g/mol. The number of carbonyl (C=O) groups excluding carboxylic acids is 1. The predicted molar refractivity (Wildman–Crippen MR) is 89.5 cm³/mol. The Bertz CT molecular complexity index is 534. The molecule has 0 aliphatic carbocycles. The Morgan fingerprint density at radius 1 is 0.905 bits per heavy atom. The molecule has 21 heavy (non-hydrogen) atoms. The largest absolute Gasteiger partial charge is 0.460 e. The summed E-state index contributed by atoms with van der Waals surface area (Å²) in [5, 5.41) is 2.45. The lowest BCUT2D eigenvalue weighted by atomic mass is 9.98. The lowest BCUT2D eigenvalue weighted by Gasteiger charge is -2.22. The first-order chi connectivity index (χ1) is 9.98. The molecule has 0 aromatic heterocycles. The lowest BCUT2D eigenvalue weighted by molar-refractivity contribution is -0.150. The normalized spacial score (nSPS) is 11.4. The highest BCUT2D eigenvalue weighted by atomic mass is 31.1. The van der Waals surface area contributed by atoms with Gasteiger partial charge in [-0.1, -0.05) is 60.7 Å². The topological polar surface area (TPSA) is 26.3 Å². The molecule has 2 aromatic rings. The van der Waals surface area contributed by atoms with Crippen molar-refractivity contribution in [2.24, 2.45) is 5.41 Å². The molecule has 2 rings (SSSR count). The van der Waals surface area contributed by atoms with Gasteiger partial charge < -0.3 is 4.74 Å². The third-order valence-electron chi connectivity index (χ3n) is 3.07. The van der Waals surface area contributed by atoms with Crippen molar-refractivity contribution < 1.29 is 9.53 Å². The quantitative estimate of drug-likeness (QED) is 0.636. The molecule has 3 heteroatoms. The van der Waals surface area contributed by atoms with Gasteiger partial charge >= 0.3 is 5.97 Å². The average Bonchev–Trinajstić information content (AvgIpc) is 2.48. The zero-order chi connectivity index (χ0) is 15.3. The van der Waals surface area contributed by atoms with Gasteiger partial charge in [-0.25, -0.2) is 0 Å². The number of hydrogen-bond acceptors (Lipinski definition) is 2. The molecule has 0 saturated heterocycles. The van der Waals surface area contributed by atoms with Crippen molar-refractivity contribution in [3.63, 3.8) is 0 Å². The summed E-state index contributed by atoms with van der Waals surface area (Å²) >= 11 is 0. The van der Waals surface area contributed by atoms with E-state index in [2.05, 4.69) is 24.3 Å². The summed E-state index contributed by atoms with van der Waals surface area (Å²) < 4.78 is 5.57. The van der Waals surface area contributed by atoms with Crippen LogP contribution in [0.5, 0.6) is 0 Å². The molecule has 0 fully saturated rings. The van der Waals surface area contributed by atoms with Crippen LogP contribution < -0.4 is 10.6 Å². The summed E-state index contributed by atoms with van der Waals surface area (Å²) in [6.07, 6.45) is 0.430. The predicted octanol–water partition coefficient (Wildman–Crippen LogP) is 3.67. The van der Waals surface area contributed by atoms with E-state index in [1.165, 1.54) is 10.6 Å². The van der Waals surface area contributed by atoms with E-state index in [1.54, 1.807) is 0 Å². The van der Waals surface area contributed by atoms with Gasteiger partial charge in [0.25, 0.3) is 0 Å².